The lowest BCUT2D eigenvalue weighted by molar-refractivity contribution is -0.518. The number of carbonyl (C=O) groups is 1. The second-order valence-corrected chi connectivity index (χ2v) is 7.15. The first-order valence-corrected chi connectivity index (χ1v) is 9.25. The van der Waals surface area contributed by atoms with Gasteiger partial charge in [-0.1, -0.05) is 47.7 Å². The first-order valence-electron chi connectivity index (χ1n) is 8.37. The Hall–Kier alpha value is -2.72. The Kier molecular flexibility index (Phi) is 3.00. The van der Waals surface area contributed by atoms with Crippen LogP contribution in [0.1, 0.15) is 23.1 Å². The zero-order valence-electron chi connectivity index (χ0n) is 14.0. The topological polar surface area (TPSA) is 30.4 Å². The normalized spacial score (nSPS) is 11.9. The summed E-state index contributed by atoms with van der Waals surface area (Å²) in [6.07, 6.45) is 0. The van der Waals surface area contributed by atoms with Crippen LogP contribution in [0.25, 0.3) is 37.9 Å². The minimum atomic E-state index is -0.263. The van der Waals surface area contributed by atoms with E-state index in [1.807, 2.05) is 18.2 Å². The van der Waals surface area contributed by atoms with Crippen LogP contribution < -0.4 is 4.40 Å². The molecule has 0 saturated carbocycles. The fraction of sp³-hybridized carbons (Fsp3) is 0.143. The first-order chi connectivity index (χ1) is 12.2. The predicted octanol–water partition coefficient (Wildman–Crippen LogP) is 4.77. The number of esters is 1. The molecule has 2 aromatic heterocycles. The van der Waals surface area contributed by atoms with Crippen LogP contribution in [0.2, 0.25) is 0 Å². The van der Waals surface area contributed by atoms with Crippen LogP contribution in [0.3, 0.4) is 0 Å². The number of rotatable bonds is 2. The monoisotopic (exact) mass is 346 g/mol. The highest BCUT2D eigenvalue weighted by Gasteiger charge is 2.36. The van der Waals surface area contributed by atoms with Gasteiger partial charge in [0, 0.05) is 18.6 Å². The third-order valence-electron chi connectivity index (χ3n) is 4.85. The average molecular weight is 346 g/mol. The van der Waals surface area contributed by atoms with Crippen molar-refractivity contribution in [1.29, 1.82) is 0 Å². The van der Waals surface area contributed by atoms with E-state index >= 15 is 0 Å². The number of thiazole rings is 1. The second kappa shape index (κ2) is 5.14. The number of fused-ring (bicyclic) bond motifs is 4. The van der Waals surface area contributed by atoms with Crippen LogP contribution in [-0.2, 0) is 4.74 Å². The van der Waals surface area contributed by atoms with Crippen molar-refractivity contribution >= 4 is 32.9 Å². The van der Waals surface area contributed by atoms with E-state index in [1.54, 1.807) is 11.3 Å². The summed E-state index contributed by atoms with van der Waals surface area (Å²) < 4.78 is 7.46. The quantitative estimate of drug-likeness (QED) is 0.340. The van der Waals surface area contributed by atoms with E-state index in [0.29, 0.717) is 12.3 Å². The van der Waals surface area contributed by atoms with Crippen molar-refractivity contribution in [1.82, 2.24) is 0 Å². The molecule has 1 aliphatic carbocycles. The summed E-state index contributed by atoms with van der Waals surface area (Å²) in [5, 5.41) is 4.51. The number of hydrogen-bond donors (Lipinski definition) is 0. The predicted molar refractivity (Wildman–Crippen MR) is 100 cm³/mol. The van der Waals surface area contributed by atoms with Gasteiger partial charge in [-0.3, -0.25) is 0 Å². The van der Waals surface area contributed by atoms with Gasteiger partial charge in [-0.05, 0) is 28.8 Å². The zero-order valence-corrected chi connectivity index (χ0v) is 14.8. The Labute approximate surface area is 149 Å². The number of ether oxygens (including phenoxy) is 1. The molecule has 4 heteroatoms. The molecule has 0 atom stereocenters. The molecule has 0 bridgehead atoms. The van der Waals surface area contributed by atoms with Gasteiger partial charge in [0.25, 0.3) is 4.83 Å². The number of aromatic nitrogens is 1. The minimum Gasteiger partial charge on any atom is -0.458 e. The molecule has 25 heavy (non-hydrogen) atoms. The molecule has 0 N–H and O–H groups in total. The van der Waals surface area contributed by atoms with Crippen LogP contribution in [0, 0.1) is 6.92 Å². The molecule has 0 saturated heterocycles. The molecular formula is C21H16NO2S+. The average Bonchev–Trinajstić information content (AvgIpc) is 3.15. The third kappa shape index (κ3) is 1.86. The third-order valence-corrected chi connectivity index (χ3v) is 5.85. The summed E-state index contributed by atoms with van der Waals surface area (Å²) in [4.78, 5) is 14.0. The molecule has 4 aromatic rings. The maximum Gasteiger partial charge on any atom is 0.404 e. The molecule has 0 fully saturated rings. The van der Waals surface area contributed by atoms with Gasteiger partial charge in [0.1, 0.15) is 0 Å². The molecule has 1 aliphatic rings. The van der Waals surface area contributed by atoms with E-state index in [4.69, 9.17) is 4.74 Å². The molecule has 0 aliphatic heterocycles. The van der Waals surface area contributed by atoms with Crippen molar-refractivity contribution in [2.75, 3.05) is 6.61 Å². The molecule has 0 amide bonds. The Morgan fingerprint density at radius 3 is 2.64 bits per heavy atom. The zero-order chi connectivity index (χ0) is 17.1. The van der Waals surface area contributed by atoms with Gasteiger partial charge in [-0.25, -0.2) is 4.79 Å². The van der Waals surface area contributed by atoms with Crippen LogP contribution in [0.4, 0.5) is 0 Å². The highest BCUT2D eigenvalue weighted by Crippen LogP contribution is 2.48. The lowest BCUT2D eigenvalue weighted by Crippen LogP contribution is -2.33. The highest BCUT2D eigenvalue weighted by atomic mass is 32.1. The van der Waals surface area contributed by atoms with E-state index in [1.165, 1.54) is 16.3 Å². The molecule has 122 valence electrons. The van der Waals surface area contributed by atoms with Crippen LogP contribution >= 0.6 is 11.3 Å². The van der Waals surface area contributed by atoms with Crippen LogP contribution in [-0.4, -0.2) is 12.6 Å². The molecule has 0 radical (unpaired) electrons. The van der Waals surface area contributed by atoms with Gasteiger partial charge in [0.15, 0.2) is 5.69 Å². The summed E-state index contributed by atoms with van der Waals surface area (Å²) in [5.74, 6) is -0.263. The fourth-order valence-electron chi connectivity index (χ4n) is 3.90. The molecule has 0 unspecified atom stereocenters. The Bertz CT molecular complexity index is 1180. The Morgan fingerprint density at radius 2 is 1.88 bits per heavy atom. The van der Waals surface area contributed by atoms with Crippen molar-refractivity contribution in [3.63, 3.8) is 0 Å². The number of aryl methyl sites for hydroxylation is 1. The lowest BCUT2D eigenvalue weighted by atomic mass is 10.0. The smallest absolute Gasteiger partial charge is 0.404 e. The van der Waals surface area contributed by atoms with Gasteiger partial charge in [0.2, 0.25) is 0 Å². The largest absolute Gasteiger partial charge is 0.458 e. The minimum absolute atomic E-state index is 0.263. The standard InChI is InChI=1S/C21H16NO2S/c1-3-24-21(23)20-19-15-9-5-7-13-6-4-8-14(18(13)15)16(19)10-17-22(20)12(2)11-25-17/h4-11H,3H2,1-2H3/q+1. The maximum absolute atomic E-state index is 12.9. The van der Waals surface area contributed by atoms with E-state index < -0.39 is 0 Å². The molecule has 0 spiro atoms. The summed E-state index contributed by atoms with van der Waals surface area (Å²) in [5.41, 5.74) is 6.11. The van der Waals surface area contributed by atoms with Gasteiger partial charge in [0.05, 0.1) is 17.6 Å². The molecule has 5 rings (SSSR count). The fourth-order valence-corrected chi connectivity index (χ4v) is 4.82. The van der Waals surface area contributed by atoms with Crippen molar-refractivity contribution in [3.05, 3.63) is 59.2 Å². The van der Waals surface area contributed by atoms with Crippen molar-refractivity contribution in [2.24, 2.45) is 0 Å². The molecular weight excluding hydrogens is 330 g/mol. The van der Waals surface area contributed by atoms with E-state index in [-0.39, 0.29) is 5.97 Å². The SMILES string of the molecule is CCOC(=O)c1c2c(cc3scc(C)[n+]13)-c1cccc3cccc-2c13. The highest BCUT2D eigenvalue weighted by molar-refractivity contribution is 7.15. The molecule has 3 nitrogen and oxygen atoms in total. The van der Waals surface area contributed by atoms with Crippen molar-refractivity contribution in [2.45, 2.75) is 13.8 Å². The van der Waals surface area contributed by atoms with E-state index in [9.17, 15) is 4.79 Å². The van der Waals surface area contributed by atoms with Gasteiger partial charge >= 0.3 is 11.7 Å². The van der Waals surface area contributed by atoms with Crippen molar-refractivity contribution < 1.29 is 13.9 Å². The second-order valence-electron chi connectivity index (χ2n) is 6.26. The summed E-state index contributed by atoms with van der Waals surface area (Å²) in [6, 6.07) is 14.8. The van der Waals surface area contributed by atoms with E-state index in [2.05, 4.69) is 47.8 Å². The number of nitrogens with zero attached hydrogens (tertiary/aromatic N) is 1. The van der Waals surface area contributed by atoms with E-state index in [0.717, 1.165) is 27.2 Å². The maximum atomic E-state index is 12.9. The molecule has 2 aromatic carbocycles. The summed E-state index contributed by atoms with van der Waals surface area (Å²) in [6.45, 7) is 4.24. The summed E-state index contributed by atoms with van der Waals surface area (Å²) >= 11 is 1.65. The van der Waals surface area contributed by atoms with Gasteiger partial charge in [-0.2, -0.15) is 0 Å². The number of carbonyl (C=O) groups excluding carboxylic acids is 1. The van der Waals surface area contributed by atoms with Gasteiger partial charge in [-0.15, -0.1) is 4.40 Å². The number of benzene rings is 2. The number of pyridine rings is 1. The summed E-state index contributed by atoms with van der Waals surface area (Å²) in [7, 11) is 0. The number of hydrogen-bond acceptors (Lipinski definition) is 3. The lowest BCUT2D eigenvalue weighted by Gasteiger charge is -2.06. The van der Waals surface area contributed by atoms with Crippen LogP contribution in [0.5, 0.6) is 0 Å². The molecule has 2 heterocycles. The Morgan fingerprint density at radius 1 is 1.12 bits per heavy atom. The van der Waals surface area contributed by atoms with Gasteiger partial charge < -0.3 is 4.74 Å². The first kappa shape index (κ1) is 14.6. The Balaban J connectivity index is 1.99. The van der Waals surface area contributed by atoms with Crippen LogP contribution in [0.15, 0.2) is 47.8 Å². The van der Waals surface area contributed by atoms with Crippen molar-refractivity contribution in [3.8, 4) is 22.3 Å².